The standard InChI is InChI=1S/2C9H7N.C9H10O.C9H10S.C6H7N.2C5H6N2.3C4H5N3.14C2H6/c1-2-6-9-8(4-1)5-3-7-10-9;1-2-4-9-7-10-6-5-8(9)3-1;2*1-2-6-9-8(4-1)5-3-7-10-9;1-6-2-4-7-5-3-6;1-5-2-3-6-4-7-5;1-5-2-3-6-7-4-5;1-4-6-2-5-3-7-4;1-4-2-6-7-3-5-4;1-4-5-2-3-6-7-4;14*1-2/h2*1-7H;2*1-2,4,6H,3,5,7H2;2-5H,1H3;2*2-4H,1H3;3*2-3H,1H3;14*1-2H3. The molecule has 0 radical (unpaired) electrons. The van der Waals surface area contributed by atoms with Gasteiger partial charge in [-0.15, -0.1) is 22.0 Å². The second kappa shape index (κ2) is 108. The summed E-state index contributed by atoms with van der Waals surface area (Å²) in [6, 6.07) is 47.0. The molecule has 10 heterocycles. The van der Waals surface area contributed by atoms with Gasteiger partial charge < -0.3 is 4.74 Å². The summed E-state index contributed by atoms with van der Waals surface area (Å²) >= 11 is 1.99. The Morgan fingerprint density at radius 2 is 0.782 bits per heavy atom. The molecule has 0 unspecified atom stereocenters. The molecule has 12 aromatic rings. The average Bonchev–Trinajstić information content (AvgIpc) is 0.893. The summed E-state index contributed by atoms with van der Waals surface area (Å²) in [5.41, 5.74) is 8.27. The number of hydrogen-bond donors (Lipinski definition) is 0. The van der Waals surface area contributed by atoms with Crippen LogP contribution < -0.4 is 4.74 Å². The Morgan fingerprint density at radius 1 is 0.291 bits per heavy atom. The van der Waals surface area contributed by atoms with E-state index in [-0.39, 0.29) is 0 Å². The maximum atomic E-state index is 5.42. The number of nitrogens with zero attached hydrogens (tertiary/aromatic N) is 16. The molecule has 0 bridgehead atoms. The lowest BCUT2D eigenvalue weighted by Gasteiger charge is -2.15. The highest BCUT2D eigenvalue weighted by atomic mass is 32.2. The smallest absolute Gasteiger partial charge is 0.147 e. The summed E-state index contributed by atoms with van der Waals surface area (Å²) in [4.78, 5) is 39.9. The summed E-state index contributed by atoms with van der Waals surface area (Å²) < 4.78 is 5.42. The number of pyridine rings is 3. The van der Waals surface area contributed by atoms with E-state index in [9.17, 15) is 0 Å². The van der Waals surface area contributed by atoms with Crippen LogP contribution in [0.3, 0.4) is 0 Å². The molecule has 14 rings (SSSR count). The lowest BCUT2D eigenvalue weighted by atomic mass is 10.1. The van der Waals surface area contributed by atoms with Gasteiger partial charge in [-0.3, -0.25) is 15.0 Å². The third kappa shape index (κ3) is 76.4. The lowest BCUT2D eigenvalue weighted by molar-refractivity contribution is 0.288. The number of ether oxygens (including phenoxy) is 1. The number of para-hydroxylation sites is 2. The van der Waals surface area contributed by atoms with Crippen molar-refractivity contribution < 1.29 is 4.74 Å². The fourth-order valence-corrected chi connectivity index (χ4v) is 7.72. The minimum absolute atomic E-state index is 0.711. The van der Waals surface area contributed by atoms with Crippen LogP contribution in [0.25, 0.3) is 21.7 Å². The molecule has 0 atom stereocenters. The molecule has 18 heteroatoms. The van der Waals surface area contributed by atoms with E-state index in [4.69, 9.17) is 4.74 Å². The summed E-state index contributed by atoms with van der Waals surface area (Å²) in [5, 5.41) is 25.1. The van der Waals surface area contributed by atoms with E-state index in [2.05, 4.69) is 141 Å². The van der Waals surface area contributed by atoms with Crippen LogP contribution in [0.1, 0.15) is 252 Å². The Hall–Kier alpha value is -9.81. The van der Waals surface area contributed by atoms with Crippen LogP contribution in [0.4, 0.5) is 0 Å². The van der Waals surface area contributed by atoms with Crippen molar-refractivity contribution in [3.05, 3.63) is 278 Å². The molecular weight excluding hydrogens is 1380 g/mol. The first-order valence-corrected chi connectivity index (χ1v) is 41.3. The molecule has 612 valence electrons. The fourth-order valence-electron chi connectivity index (χ4n) is 6.68. The van der Waals surface area contributed by atoms with Gasteiger partial charge in [-0.25, -0.2) is 34.9 Å². The largest absolute Gasteiger partial charge is 0.493 e. The van der Waals surface area contributed by atoms with Crippen LogP contribution in [-0.2, 0) is 12.8 Å². The molecule has 0 saturated heterocycles. The van der Waals surface area contributed by atoms with Gasteiger partial charge in [0.25, 0.3) is 0 Å². The third-order valence-corrected chi connectivity index (χ3v) is 12.1. The zero-order valence-corrected chi connectivity index (χ0v) is 76.0. The molecule has 0 saturated carbocycles. The number of hydrogen-bond acceptors (Lipinski definition) is 18. The van der Waals surface area contributed by atoms with Gasteiger partial charge in [0, 0.05) is 65.6 Å². The number of thioether (sulfide) groups is 1. The quantitative estimate of drug-likeness (QED) is 0.138. The number of benzene rings is 4. The second-order valence-electron chi connectivity index (χ2n) is 17.5. The van der Waals surface area contributed by atoms with Crippen LogP contribution in [0.2, 0.25) is 0 Å². The van der Waals surface area contributed by atoms with E-state index in [0.29, 0.717) is 5.82 Å². The lowest BCUT2D eigenvalue weighted by Crippen LogP contribution is -2.07. The van der Waals surface area contributed by atoms with E-state index in [0.717, 1.165) is 47.1 Å². The first-order valence-electron chi connectivity index (χ1n) is 40.3. The van der Waals surface area contributed by atoms with Crippen molar-refractivity contribution >= 4 is 33.4 Å². The van der Waals surface area contributed by atoms with Crippen molar-refractivity contribution in [3.8, 4) is 5.75 Å². The summed E-state index contributed by atoms with van der Waals surface area (Å²) in [5.74, 6) is 3.85. The molecule has 110 heavy (non-hydrogen) atoms. The van der Waals surface area contributed by atoms with Gasteiger partial charge in [0.2, 0.25) is 0 Å². The van der Waals surface area contributed by atoms with E-state index in [1.807, 2.05) is 338 Å². The van der Waals surface area contributed by atoms with E-state index < -0.39 is 0 Å². The summed E-state index contributed by atoms with van der Waals surface area (Å²) in [6.07, 6.45) is 29.8. The van der Waals surface area contributed by atoms with Crippen LogP contribution >= 0.6 is 11.8 Å². The average molecular weight is 1530 g/mol. The van der Waals surface area contributed by atoms with Crippen molar-refractivity contribution in [1.29, 1.82) is 0 Å². The number of aryl methyl sites for hydroxylation is 8. The van der Waals surface area contributed by atoms with E-state index in [1.54, 1.807) is 62.1 Å². The van der Waals surface area contributed by atoms with Crippen molar-refractivity contribution in [2.24, 2.45) is 0 Å². The van der Waals surface area contributed by atoms with Crippen molar-refractivity contribution in [2.75, 3.05) is 12.4 Å². The molecule has 0 spiro atoms. The Bertz CT molecular complexity index is 2930. The third-order valence-electron chi connectivity index (χ3n) is 10.9. The van der Waals surface area contributed by atoms with E-state index in [1.165, 1.54) is 82.5 Å². The SMILES string of the molecule is CC.CC.CC.CC.CC.CC.CC.CC.CC.CC.CC.CC.CC.CC.Cc1ccncc1.Cc1ccncn1.Cc1ccnnc1.Cc1cnncn1.Cc1nccnn1.Cc1ncncn1.c1ccc2c(c1)CCCO2.c1ccc2c(c1)CCCS2.c1ccc2cnccc2c1.c1ccc2ncccc2c1. The first-order chi connectivity index (χ1) is 54.2. The Labute approximate surface area is 677 Å². The normalized spacial score (nSPS) is 8.82. The molecule has 0 aliphatic carbocycles. The zero-order valence-electron chi connectivity index (χ0n) is 75.2. The van der Waals surface area contributed by atoms with Crippen LogP contribution in [0.5, 0.6) is 5.75 Å². The van der Waals surface area contributed by atoms with Gasteiger partial charge in [0.1, 0.15) is 42.7 Å². The molecular formula is C92H152N16OS. The Morgan fingerprint density at radius 3 is 1.19 bits per heavy atom. The topological polar surface area (TPSA) is 215 Å². The van der Waals surface area contributed by atoms with Gasteiger partial charge >= 0.3 is 0 Å². The summed E-state index contributed by atoms with van der Waals surface area (Å²) in [7, 11) is 0. The first kappa shape index (κ1) is 121. The molecule has 4 aromatic carbocycles. The van der Waals surface area contributed by atoms with Crippen LogP contribution in [-0.4, -0.2) is 92.8 Å². The minimum atomic E-state index is 0.711. The van der Waals surface area contributed by atoms with Crippen molar-refractivity contribution in [1.82, 2.24) is 80.4 Å². The molecule has 17 nitrogen and oxygen atoms in total. The fraction of sp³-hybridized carbons (Fsp3) is 0.435. The number of fused-ring (bicyclic) bond motifs is 4. The number of rotatable bonds is 0. The molecule has 8 aromatic heterocycles. The van der Waals surface area contributed by atoms with Crippen LogP contribution in [0, 0.1) is 41.5 Å². The monoisotopic (exact) mass is 1530 g/mol. The van der Waals surface area contributed by atoms with Gasteiger partial charge in [-0.05, 0) is 161 Å². The predicted molar refractivity (Wildman–Crippen MR) is 484 cm³/mol. The molecule has 2 aliphatic rings. The predicted octanol–water partition coefficient (Wildman–Crippen LogP) is 27.1. The van der Waals surface area contributed by atoms with E-state index >= 15 is 0 Å². The maximum Gasteiger partial charge on any atom is 0.147 e. The summed E-state index contributed by atoms with van der Waals surface area (Å²) in [6.45, 7) is 68.3. The molecule has 0 N–H and O–H groups in total. The Balaban J connectivity index is -0.000000122. The molecule has 0 amide bonds. The molecule has 2 aliphatic heterocycles. The Kier molecular flexibility index (Phi) is 119. The van der Waals surface area contributed by atoms with Gasteiger partial charge in [0.05, 0.1) is 36.4 Å². The van der Waals surface area contributed by atoms with Crippen molar-refractivity contribution in [2.45, 2.75) is 266 Å². The van der Waals surface area contributed by atoms with Crippen LogP contribution in [0.15, 0.2) is 238 Å². The maximum absolute atomic E-state index is 5.42. The zero-order chi connectivity index (χ0) is 85.9. The highest BCUT2D eigenvalue weighted by Gasteiger charge is 2.08. The highest BCUT2D eigenvalue weighted by Crippen LogP contribution is 2.29. The number of aromatic nitrogens is 16. The van der Waals surface area contributed by atoms with Crippen molar-refractivity contribution in [3.63, 3.8) is 0 Å². The van der Waals surface area contributed by atoms with Gasteiger partial charge in [-0.1, -0.05) is 279 Å². The molecule has 0 fully saturated rings. The van der Waals surface area contributed by atoms with Gasteiger partial charge in [0.15, 0.2) is 0 Å². The van der Waals surface area contributed by atoms with Gasteiger partial charge in [-0.2, -0.15) is 20.4 Å². The highest BCUT2D eigenvalue weighted by molar-refractivity contribution is 7.99. The second-order valence-corrected chi connectivity index (χ2v) is 18.6. The minimum Gasteiger partial charge on any atom is -0.493 e.